The number of hydrogen-bond acceptors (Lipinski definition) is 3. The molecule has 1 saturated heterocycles. The molecule has 0 radical (unpaired) electrons. The third-order valence-electron chi connectivity index (χ3n) is 2.12. The van der Waals surface area contributed by atoms with E-state index in [4.69, 9.17) is 5.11 Å². The molecule has 0 spiro atoms. The lowest BCUT2D eigenvalue weighted by Crippen LogP contribution is -2.02. The van der Waals surface area contributed by atoms with Gasteiger partial charge in [0, 0.05) is 16.9 Å². The van der Waals surface area contributed by atoms with Crippen molar-refractivity contribution in [2.75, 3.05) is 0 Å². The molecule has 76 valence electrons. The van der Waals surface area contributed by atoms with Gasteiger partial charge in [-0.15, -0.1) is 0 Å². The summed E-state index contributed by atoms with van der Waals surface area (Å²) in [5.41, 5.74) is 0. The molecule has 13 heavy (non-hydrogen) atoms. The van der Waals surface area contributed by atoms with Crippen molar-refractivity contribution in [3.05, 3.63) is 0 Å². The number of carboxylic acid groups (broad SMARTS) is 1. The molecule has 0 aromatic carbocycles. The van der Waals surface area contributed by atoms with Crippen LogP contribution >= 0.6 is 21.6 Å². The summed E-state index contributed by atoms with van der Waals surface area (Å²) in [5.74, 6) is -0.665. The van der Waals surface area contributed by atoms with Gasteiger partial charge in [-0.3, -0.25) is 4.79 Å². The van der Waals surface area contributed by atoms with Crippen LogP contribution < -0.4 is 0 Å². The smallest absolute Gasteiger partial charge is 0.303 e. The monoisotopic (exact) mass is 220 g/mol. The second-order valence-electron chi connectivity index (χ2n) is 3.50. The minimum absolute atomic E-state index is 0.333. The first-order chi connectivity index (χ1) is 6.18. The lowest BCUT2D eigenvalue weighted by molar-refractivity contribution is -0.137. The van der Waals surface area contributed by atoms with Gasteiger partial charge in [0.15, 0.2) is 0 Å². The van der Waals surface area contributed by atoms with E-state index in [-0.39, 0.29) is 0 Å². The van der Waals surface area contributed by atoms with Crippen molar-refractivity contribution in [1.29, 1.82) is 0 Å². The molecule has 4 heteroatoms. The fourth-order valence-corrected chi connectivity index (χ4v) is 4.65. The first-order valence-electron chi connectivity index (χ1n) is 4.72. The highest BCUT2D eigenvalue weighted by molar-refractivity contribution is 8.77. The molecule has 2 unspecified atom stereocenters. The molecule has 1 heterocycles. The minimum atomic E-state index is -0.665. The molecular formula is C9H16O2S2. The summed E-state index contributed by atoms with van der Waals surface area (Å²) in [7, 11) is 3.95. The van der Waals surface area contributed by atoms with E-state index in [0.29, 0.717) is 6.42 Å². The molecule has 0 aromatic rings. The molecule has 1 aliphatic rings. The topological polar surface area (TPSA) is 37.3 Å². The summed E-state index contributed by atoms with van der Waals surface area (Å²) in [4.78, 5) is 10.2. The predicted octanol–water partition coefficient (Wildman–Crippen LogP) is 3.17. The van der Waals surface area contributed by atoms with Crippen LogP contribution in [-0.2, 0) is 4.79 Å². The first kappa shape index (κ1) is 11.2. The molecule has 1 N–H and O–H groups in total. The van der Waals surface area contributed by atoms with Gasteiger partial charge in [0.2, 0.25) is 0 Å². The third kappa shape index (κ3) is 4.81. The van der Waals surface area contributed by atoms with Crippen molar-refractivity contribution in [3.8, 4) is 0 Å². The maximum atomic E-state index is 10.2. The van der Waals surface area contributed by atoms with E-state index in [9.17, 15) is 4.79 Å². The van der Waals surface area contributed by atoms with Gasteiger partial charge in [0.1, 0.15) is 0 Å². The normalized spacial score (nSPS) is 27.8. The van der Waals surface area contributed by atoms with E-state index in [1.54, 1.807) is 0 Å². The van der Waals surface area contributed by atoms with Crippen LogP contribution in [0.25, 0.3) is 0 Å². The molecule has 1 aliphatic heterocycles. The molecular weight excluding hydrogens is 204 g/mol. The number of carboxylic acids is 1. The summed E-state index contributed by atoms with van der Waals surface area (Å²) >= 11 is 0. The summed E-state index contributed by atoms with van der Waals surface area (Å²) in [6.07, 6.45) is 4.72. The SMILES string of the molecule is CC1CC(CCCCC(=O)O)SS1. The molecule has 0 bridgehead atoms. The zero-order valence-electron chi connectivity index (χ0n) is 7.86. The molecule has 0 aromatic heterocycles. The quantitative estimate of drug-likeness (QED) is 0.570. The van der Waals surface area contributed by atoms with E-state index in [1.165, 1.54) is 12.8 Å². The molecule has 2 atom stereocenters. The van der Waals surface area contributed by atoms with Gasteiger partial charge >= 0.3 is 5.97 Å². The van der Waals surface area contributed by atoms with Crippen molar-refractivity contribution < 1.29 is 9.90 Å². The van der Waals surface area contributed by atoms with E-state index in [0.717, 1.165) is 23.3 Å². The standard InChI is InChI=1S/C9H16O2S2/c1-7-6-8(13-12-7)4-2-3-5-9(10)11/h7-8H,2-6H2,1H3,(H,10,11). The molecule has 2 nitrogen and oxygen atoms in total. The van der Waals surface area contributed by atoms with Gasteiger partial charge in [0.05, 0.1) is 0 Å². The zero-order valence-corrected chi connectivity index (χ0v) is 9.50. The highest BCUT2D eigenvalue weighted by atomic mass is 33.1. The summed E-state index contributed by atoms with van der Waals surface area (Å²) < 4.78 is 0. The Morgan fingerprint density at radius 3 is 2.77 bits per heavy atom. The van der Waals surface area contributed by atoms with Crippen LogP contribution in [0.4, 0.5) is 0 Å². The van der Waals surface area contributed by atoms with Crippen molar-refractivity contribution in [3.63, 3.8) is 0 Å². The van der Waals surface area contributed by atoms with E-state index >= 15 is 0 Å². The van der Waals surface area contributed by atoms with Gasteiger partial charge in [0.25, 0.3) is 0 Å². The zero-order chi connectivity index (χ0) is 9.68. The minimum Gasteiger partial charge on any atom is -0.481 e. The van der Waals surface area contributed by atoms with Gasteiger partial charge in [-0.1, -0.05) is 34.9 Å². The maximum absolute atomic E-state index is 10.2. The highest BCUT2D eigenvalue weighted by Crippen LogP contribution is 2.44. The average Bonchev–Trinajstić information content (AvgIpc) is 2.45. The lowest BCUT2D eigenvalue weighted by Gasteiger charge is -2.05. The Morgan fingerprint density at radius 1 is 1.46 bits per heavy atom. The van der Waals surface area contributed by atoms with Gasteiger partial charge in [-0.2, -0.15) is 0 Å². The second kappa shape index (κ2) is 5.81. The molecule has 1 rings (SSSR count). The van der Waals surface area contributed by atoms with Crippen LogP contribution in [0.1, 0.15) is 39.0 Å². The van der Waals surface area contributed by atoms with Crippen molar-refractivity contribution in [1.82, 2.24) is 0 Å². The fraction of sp³-hybridized carbons (Fsp3) is 0.889. The van der Waals surface area contributed by atoms with Crippen molar-refractivity contribution in [2.45, 2.75) is 49.5 Å². The van der Waals surface area contributed by atoms with Crippen LogP contribution in [0.2, 0.25) is 0 Å². The Labute approximate surface area is 87.3 Å². The fourth-order valence-electron chi connectivity index (χ4n) is 1.44. The Bertz CT molecular complexity index is 173. The maximum Gasteiger partial charge on any atom is 0.303 e. The van der Waals surface area contributed by atoms with Gasteiger partial charge < -0.3 is 5.11 Å². The summed E-state index contributed by atoms with van der Waals surface area (Å²) in [6, 6.07) is 0. The molecule has 1 fully saturated rings. The number of hydrogen-bond donors (Lipinski definition) is 1. The van der Waals surface area contributed by atoms with Crippen LogP contribution in [0.5, 0.6) is 0 Å². The average molecular weight is 220 g/mol. The predicted molar refractivity (Wildman–Crippen MR) is 59.2 cm³/mol. The van der Waals surface area contributed by atoms with Crippen molar-refractivity contribution in [2.24, 2.45) is 0 Å². The largest absolute Gasteiger partial charge is 0.481 e. The van der Waals surface area contributed by atoms with E-state index in [1.807, 2.05) is 21.6 Å². The summed E-state index contributed by atoms with van der Waals surface area (Å²) in [6.45, 7) is 2.26. The Balaban J connectivity index is 1.97. The number of rotatable bonds is 5. The van der Waals surface area contributed by atoms with Crippen molar-refractivity contribution >= 4 is 27.6 Å². The van der Waals surface area contributed by atoms with E-state index < -0.39 is 5.97 Å². The Kier molecular flexibility index (Phi) is 5.02. The van der Waals surface area contributed by atoms with Gasteiger partial charge in [-0.05, 0) is 19.3 Å². The molecule has 0 saturated carbocycles. The lowest BCUT2D eigenvalue weighted by atomic mass is 10.1. The number of unbranched alkanes of at least 4 members (excludes halogenated alkanes) is 1. The molecule has 0 amide bonds. The van der Waals surface area contributed by atoms with Crippen LogP contribution in [-0.4, -0.2) is 21.6 Å². The summed E-state index contributed by atoms with van der Waals surface area (Å²) in [5, 5.41) is 10.00. The number of carbonyl (C=O) groups is 1. The van der Waals surface area contributed by atoms with Crippen LogP contribution in [0, 0.1) is 0 Å². The Hall–Kier alpha value is 0.170. The van der Waals surface area contributed by atoms with E-state index in [2.05, 4.69) is 6.92 Å². The second-order valence-corrected chi connectivity index (χ2v) is 6.51. The number of aliphatic carboxylic acids is 1. The van der Waals surface area contributed by atoms with Gasteiger partial charge in [-0.25, -0.2) is 0 Å². The van der Waals surface area contributed by atoms with Crippen LogP contribution in [0.3, 0.4) is 0 Å². The Morgan fingerprint density at radius 2 is 2.23 bits per heavy atom. The highest BCUT2D eigenvalue weighted by Gasteiger charge is 2.22. The van der Waals surface area contributed by atoms with Crippen LogP contribution in [0.15, 0.2) is 0 Å². The first-order valence-corrected chi connectivity index (χ1v) is 7.00. The third-order valence-corrected chi connectivity index (χ3v) is 5.59. The molecule has 0 aliphatic carbocycles.